The Morgan fingerprint density at radius 1 is 1.37 bits per heavy atom. The lowest BCUT2D eigenvalue weighted by molar-refractivity contribution is 0.0735. The molecule has 0 aliphatic carbocycles. The van der Waals surface area contributed by atoms with E-state index in [-0.39, 0.29) is 5.91 Å². The van der Waals surface area contributed by atoms with Crippen LogP contribution in [-0.4, -0.2) is 17.4 Å². The summed E-state index contributed by atoms with van der Waals surface area (Å²) in [6.07, 6.45) is 0.887. The molecule has 0 radical (unpaired) electrons. The fraction of sp³-hybridized carbons (Fsp3) is 0.214. The molecule has 1 aromatic heterocycles. The van der Waals surface area contributed by atoms with Crippen LogP contribution >= 0.6 is 27.3 Å². The summed E-state index contributed by atoms with van der Waals surface area (Å²) in [5.41, 5.74) is 1.61. The summed E-state index contributed by atoms with van der Waals surface area (Å²) in [5.74, 6) is -0.512. The van der Waals surface area contributed by atoms with Crippen molar-refractivity contribution in [3.63, 3.8) is 0 Å². The highest BCUT2D eigenvalue weighted by molar-refractivity contribution is 9.10. The smallest absolute Gasteiger partial charge is 0.254 e. The van der Waals surface area contributed by atoms with Crippen molar-refractivity contribution < 1.29 is 9.18 Å². The van der Waals surface area contributed by atoms with Gasteiger partial charge in [-0.1, -0.05) is 0 Å². The lowest BCUT2D eigenvalue weighted by atomic mass is 10.1. The van der Waals surface area contributed by atoms with Crippen molar-refractivity contribution in [1.29, 1.82) is 0 Å². The van der Waals surface area contributed by atoms with Gasteiger partial charge in [0.2, 0.25) is 0 Å². The molecule has 0 spiro atoms. The highest BCUT2D eigenvalue weighted by Gasteiger charge is 2.22. The largest absolute Gasteiger partial charge is 0.334 e. The summed E-state index contributed by atoms with van der Waals surface area (Å²) < 4.78 is 13.9. The van der Waals surface area contributed by atoms with E-state index in [1.165, 1.54) is 16.5 Å². The van der Waals surface area contributed by atoms with Crippen molar-refractivity contribution >= 4 is 33.2 Å². The average molecular weight is 340 g/mol. The molecule has 0 unspecified atom stereocenters. The minimum Gasteiger partial charge on any atom is -0.334 e. The second-order valence-corrected chi connectivity index (χ2v) is 6.33. The fourth-order valence-corrected chi connectivity index (χ4v) is 3.37. The minimum atomic E-state index is -0.404. The van der Waals surface area contributed by atoms with Crippen LogP contribution in [0.5, 0.6) is 0 Å². The van der Waals surface area contributed by atoms with E-state index in [1.807, 2.05) is 0 Å². The lowest BCUT2D eigenvalue weighted by Crippen LogP contribution is -2.35. The Kier molecular flexibility index (Phi) is 3.41. The molecule has 0 atom stereocenters. The highest BCUT2D eigenvalue weighted by Crippen LogP contribution is 2.25. The van der Waals surface area contributed by atoms with Crippen LogP contribution in [0, 0.1) is 5.82 Å². The number of rotatable bonds is 1. The summed E-state index contributed by atoms with van der Waals surface area (Å²) in [4.78, 5) is 15.5. The molecule has 2 nitrogen and oxygen atoms in total. The first-order valence-electron chi connectivity index (χ1n) is 5.95. The maximum absolute atomic E-state index is 13.5. The number of nitrogens with zero attached hydrogens (tertiary/aromatic N) is 1. The van der Waals surface area contributed by atoms with Crippen LogP contribution in [-0.2, 0) is 13.0 Å². The number of carbonyl (C=O) groups excluding carboxylic acids is 1. The zero-order valence-corrected chi connectivity index (χ0v) is 12.4. The van der Waals surface area contributed by atoms with Gasteiger partial charge in [0.15, 0.2) is 0 Å². The van der Waals surface area contributed by atoms with Crippen molar-refractivity contribution in [2.75, 3.05) is 6.54 Å². The van der Waals surface area contributed by atoms with Crippen LogP contribution in [0.25, 0.3) is 0 Å². The van der Waals surface area contributed by atoms with E-state index in [2.05, 4.69) is 27.4 Å². The molecular weight excluding hydrogens is 329 g/mol. The molecule has 0 bridgehead atoms. The van der Waals surface area contributed by atoms with Crippen molar-refractivity contribution in [2.24, 2.45) is 0 Å². The van der Waals surface area contributed by atoms with Gasteiger partial charge in [0, 0.05) is 23.5 Å². The van der Waals surface area contributed by atoms with Crippen LogP contribution in [0.3, 0.4) is 0 Å². The number of thiophene rings is 1. The number of halogens is 2. The Bertz CT molecular complexity index is 640. The molecule has 5 heteroatoms. The van der Waals surface area contributed by atoms with Gasteiger partial charge < -0.3 is 4.90 Å². The Labute approximate surface area is 123 Å². The third-order valence-electron chi connectivity index (χ3n) is 3.26. The lowest BCUT2D eigenvalue weighted by Gasteiger charge is -2.27. The monoisotopic (exact) mass is 339 g/mol. The molecule has 98 valence electrons. The number of carbonyl (C=O) groups is 1. The maximum Gasteiger partial charge on any atom is 0.254 e. The van der Waals surface area contributed by atoms with Crippen LogP contribution in [0.15, 0.2) is 34.1 Å². The van der Waals surface area contributed by atoms with Gasteiger partial charge in [-0.3, -0.25) is 4.79 Å². The Balaban J connectivity index is 1.83. The highest BCUT2D eigenvalue weighted by atomic mass is 79.9. The molecule has 1 aliphatic heterocycles. The summed E-state index contributed by atoms with van der Waals surface area (Å²) in [6, 6.07) is 6.57. The van der Waals surface area contributed by atoms with Crippen LogP contribution in [0.2, 0.25) is 0 Å². The van der Waals surface area contributed by atoms with Crippen LogP contribution < -0.4 is 0 Å². The molecule has 1 amide bonds. The summed E-state index contributed by atoms with van der Waals surface area (Å²) in [5, 5.41) is 2.05. The van der Waals surface area contributed by atoms with Gasteiger partial charge in [-0.2, -0.15) is 0 Å². The second kappa shape index (κ2) is 5.06. The van der Waals surface area contributed by atoms with E-state index in [0.29, 0.717) is 23.1 Å². The molecule has 19 heavy (non-hydrogen) atoms. The van der Waals surface area contributed by atoms with Gasteiger partial charge in [0.25, 0.3) is 5.91 Å². The van der Waals surface area contributed by atoms with Gasteiger partial charge in [0.05, 0.1) is 4.47 Å². The molecule has 1 aromatic carbocycles. The van der Waals surface area contributed by atoms with E-state index in [0.717, 1.165) is 6.42 Å². The van der Waals surface area contributed by atoms with Gasteiger partial charge in [-0.05, 0) is 57.6 Å². The van der Waals surface area contributed by atoms with Crippen molar-refractivity contribution in [3.05, 3.63) is 55.9 Å². The first-order valence-corrected chi connectivity index (χ1v) is 7.62. The summed E-state index contributed by atoms with van der Waals surface area (Å²) in [7, 11) is 0. The molecule has 3 rings (SSSR count). The predicted molar refractivity (Wildman–Crippen MR) is 76.9 cm³/mol. The SMILES string of the molecule is O=C(c1ccc(Br)c(F)c1)N1CCc2sccc2C1. The molecule has 0 N–H and O–H groups in total. The fourth-order valence-electron chi connectivity index (χ4n) is 2.23. The summed E-state index contributed by atoms with van der Waals surface area (Å²) >= 11 is 4.83. The van der Waals surface area contributed by atoms with Crippen molar-refractivity contribution in [2.45, 2.75) is 13.0 Å². The Hall–Kier alpha value is -1.20. The zero-order chi connectivity index (χ0) is 13.4. The number of fused-ring (bicyclic) bond motifs is 1. The van der Waals surface area contributed by atoms with E-state index >= 15 is 0 Å². The van der Waals surface area contributed by atoms with E-state index in [1.54, 1.807) is 28.4 Å². The van der Waals surface area contributed by atoms with Gasteiger partial charge in [0.1, 0.15) is 5.82 Å². The predicted octanol–water partition coefficient (Wildman–Crippen LogP) is 3.85. The van der Waals surface area contributed by atoms with E-state index in [9.17, 15) is 9.18 Å². The zero-order valence-electron chi connectivity index (χ0n) is 10.0. The summed E-state index contributed by atoms with van der Waals surface area (Å²) in [6.45, 7) is 1.32. The van der Waals surface area contributed by atoms with E-state index < -0.39 is 5.82 Å². The van der Waals surface area contributed by atoms with Gasteiger partial charge in [-0.15, -0.1) is 11.3 Å². The van der Waals surface area contributed by atoms with Crippen LogP contribution in [0.1, 0.15) is 20.8 Å². The molecule has 2 heterocycles. The number of amides is 1. The molecule has 2 aromatic rings. The average Bonchev–Trinajstić information content (AvgIpc) is 2.88. The standard InChI is InChI=1S/C14H11BrFNOS/c15-11-2-1-9(7-12(11)16)14(18)17-5-3-13-10(8-17)4-6-19-13/h1-2,4,6-7H,3,5,8H2. The maximum atomic E-state index is 13.5. The number of hydrogen-bond donors (Lipinski definition) is 0. The normalized spacial score (nSPS) is 14.3. The Morgan fingerprint density at radius 2 is 2.21 bits per heavy atom. The number of hydrogen-bond acceptors (Lipinski definition) is 2. The minimum absolute atomic E-state index is 0.108. The third kappa shape index (κ3) is 2.44. The van der Waals surface area contributed by atoms with Crippen LogP contribution in [0.4, 0.5) is 4.39 Å². The first kappa shape index (κ1) is 12.8. The molecular formula is C14H11BrFNOS. The Morgan fingerprint density at radius 3 is 3.00 bits per heavy atom. The topological polar surface area (TPSA) is 20.3 Å². The molecule has 0 saturated carbocycles. The van der Waals surface area contributed by atoms with Crippen molar-refractivity contribution in [3.8, 4) is 0 Å². The molecule has 0 saturated heterocycles. The molecule has 0 fully saturated rings. The third-order valence-corrected chi connectivity index (χ3v) is 4.93. The van der Waals surface area contributed by atoms with E-state index in [4.69, 9.17) is 0 Å². The second-order valence-electron chi connectivity index (χ2n) is 4.47. The van der Waals surface area contributed by atoms with Crippen molar-refractivity contribution in [1.82, 2.24) is 4.90 Å². The number of benzene rings is 1. The first-order chi connectivity index (χ1) is 9.15. The quantitative estimate of drug-likeness (QED) is 0.772. The molecule has 1 aliphatic rings. The van der Waals surface area contributed by atoms with Gasteiger partial charge >= 0.3 is 0 Å². The van der Waals surface area contributed by atoms with Gasteiger partial charge in [-0.25, -0.2) is 4.39 Å².